The van der Waals surface area contributed by atoms with Gasteiger partial charge in [-0.25, -0.2) is 0 Å². The number of hydrogen-bond acceptors (Lipinski definition) is 2. The Morgan fingerprint density at radius 1 is 1.09 bits per heavy atom. The molecule has 3 nitrogen and oxygen atoms in total. The first-order valence-corrected chi connectivity index (χ1v) is 7.43. The van der Waals surface area contributed by atoms with Gasteiger partial charge in [-0.2, -0.15) is 0 Å². The molecule has 3 rings (SSSR count). The Labute approximate surface area is 130 Å². The first-order chi connectivity index (χ1) is 10.5. The van der Waals surface area contributed by atoms with E-state index in [9.17, 15) is 4.79 Å². The molecule has 0 atom stereocenters. The van der Waals surface area contributed by atoms with Gasteiger partial charge in [0.05, 0.1) is 6.54 Å². The molecule has 2 aromatic carbocycles. The smallest absolute Gasteiger partial charge is 0.184 e. The molecule has 1 heterocycles. The van der Waals surface area contributed by atoms with Crippen molar-refractivity contribution in [1.29, 1.82) is 0 Å². The number of H-pyrrole nitrogens is 1. The maximum atomic E-state index is 12.6. The van der Waals surface area contributed by atoms with Gasteiger partial charge in [0, 0.05) is 35.4 Å². The number of carbonyl (C=O) groups excluding carboxylic acids is 1. The Kier molecular flexibility index (Phi) is 3.72. The fourth-order valence-electron chi connectivity index (χ4n) is 2.87. The average Bonchev–Trinajstić information content (AvgIpc) is 2.90. The number of ketones is 1. The summed E-state index contributed by atoms with van der Waals surface area (Å²) in [4.78, 5) is 17.8. The van der Waals surface area contributed by atoms with Crippen LogP contribution in [0.3, 0.4) is 0 Å². The lowest BCUT2D eigenvalue weighted by Gasteiger charge is -2.19. The number of nitrogens with one attached hydrogen (secondary N) is 1. The second-order valence-corrected chi connectivity index (χ2v) is 5.87. The van der Waals surface area contributed by atoms with Crippen molar-refractivity contribution >= 4 is 22.4 Å². The molecule has 1 aromatic heterocycles. The van der Waals surface area contributed by atoms with E-state index in [1.54, 1.807) is 0 Å². The number of para-hydroxylation sites is 1. The van der Waals surface area contributed by atoms with Gasteiger partial charge in [0.1, 0.15) is 0 Å². The minimum Gasteiger partial charge on any atom is -0.367 e. The third-order valence-corrected chi connectivity index (χ3v) is 3.92. The molecule has 0 amide bonds. The number of aryl methyl sites for hydroxylation is 2. The van der Waals surface area contributed by atoms with Crippen molar-refractivity contribution in [3.63, 3.8) is 0 Å². The molecule has 0 saturated heterocycles. The number of fused-ring (bicyclic) bond motifs is 1. The molecular formula is C19H20N2O. The van der Waals surface area contributed by atoms with Crippen LogP contribution in [0.15, 0.2) is 48.7 Å². The number of nitrogens with zero attached hydrogens (tertiary/aromatic N) is 1. The van der Waals surface area contributed by atoms with Crippen molar-refractivity contribution in [2.45, 2.75) is 13.8 Å². The van der Waals surface area contributed by atoms with Gasteiger partial charge < -0.3 is 9.88 Å². The Morgan fingerprint density at radius 2 is 1.77 bits per heavy atom. The van der Waals surface area contributed by atoms with E-state index >= 15 is 0 Å². The average molecular weight is 292 g/mol. The summed E-state index contributed by atoms with van der Waals surface area (Å²) in [7, 11) is 1.96. The summed E-state index contributed by atoms with van der Waals surface area (Å²) in [5, 5.41) is 0.987. The summed E-state index contributed by atoms with van der Waals surface area (Å²) in [6.45, 7) is 4.52. The van der Waals surface area contributed by atoms with E-state index in [1.807, 2.05) is 42.4 Å². The van der Waals surface area contributed by atoms with Gasteiger partial charge in [-0.05, 0) is 43.2 Å². The first kappa shape index (κ1) is 14.4. The van der Waals surface area contributed by atoms with Crippen LogP contribution in [0, 0.1) is 13.8 Å². The lowest BCUT2D eigenvalue weighted by molar-refractivity contribution is 0.100. The maximum Gasteiger partial charge on any atom is 0.184 e. The van der Waals surface area contributed by atoms with E-state index < -0.39 is 0 Å². The minimum atomic E-state index is 0.124. The van der Waals surface area contributed by atoms with Crippen molar-refractivity contribution in [1.82, 2.24) is 4.98 Å². The van der Waals surface area contributed by atoms with Crippen LogP contribution in [-0.4, -0.2) is 24.4 Å². The van der Waals surface area contributed by atoms with Crippen LogP contribution in [0.4, 0.5) is 5.69 Å². The van der Waals surface area contributed by atoms with Gasteiger partial charge in [-0.1, -0.05) is 24.3 Å². The van der Waals surface area contributed by atoms with Crippen LogP contribution in [0.2, 0.25) is 0 Å². The normalized spacial score (nSPS) is 10.9. The van der Waals surface area contributed by atoms with E-state index in [0.29, 0.717) is 6.54 Å². The molecule has 112 valence electrons. The van der Waals surface area contributed by atoms with Gasteiger partial charge in [-0.15, -0.1) is 0 Å². The number of carbonyl (C=O) groups is 1. The molecule has 0 aliphatic heterocycles. The molecular weight excluding hydrogens is 272 g/mol. The molecule has 0 aliphatic rings. The van der Waals surface area contributed by atoms with Gasteiger partial charge in [0.2, 0.25) is 0 Å². The van der Waals surface area contributed by atoms with E-state index in [4.69, 9.17) is 0 Å². The second kappa shape index (κ2) is 5.68. The number of likely N-dealkylation sites (N-methyl/N-ethyl adjacent to an activating group) is 1. The number of aromatic amines is 1. The highest BCUT2D eigenvalue weighted by Crippen LogP contribution is 2.21. The van der Waals surface area contributed by atoms with Gasteiger partial charge in [0.25, 0.3) is 0 Å². The fourth-order valence-corrected chi connectivity index (χ4v) is 2.87. The summed E-state index contributed by atoms with van der Waals surface area (Å²) in [5.74, 6) is 0.124. The highest BCUT2D eigenvalue weighted by atomic mass is 16.1. The van der Waals surface area contributed by atoms with Gasteiger partial charge >= 0.3 is 0 Å². The summed E-state index contributed by atoms with van der Waals surface area (Å²) in [5.41, 5.74) is 5.25. The Morgan fingerprint density at radius 3 is 2.50 bits per heavy atom. The predicted molar refractivity (Wildman–Crippen MR) is 91.8 cm³/mol. The number of aromatic nitrogens is 1. The molecule has 22 heavy (non-hydrogen) atoms. The van der Waals surface area contributed by atoms with Crippen LogP contribution >= 0.6 is 0 Å². The Bertz CT molecular complexity index is 812. The number of Topliss-reactive ketones (excluding diaryl/α,β-unsaturated/α-hetero) is 1. The first-order valence-electron chi connectivity index (χ1n) is 7.43. The topological polar surface area (TPSA) is 36.1 Å². The molecule has 0 spiro atoms. The van der Waals surface area contributed by atoms with Crippen LogP contribution in [0.25, 0.3) is 10.9 Å². The van der Waals surface area contributed by atoms with Crippen LogP contribution in [0.5, 0.6) is 0 Å². The van der Waals surface area contributed by atoms with Crippen LogP contribution < -0.4 is 4.90 Å². The molecule has 0 saturated carbocycles. The highest BCUT2D eigenvalue weighted by Gasteiger charge is 2.14. The van der Waals surface area contributed by atoms with Crippen molar-refractivity contribution in [3.8, 4) is 0 Å². The van der Waals surface area contributed by atoms with E-state index in [1.165, 1.54) is 11.1 Å². The predicted octanol–water partition coefficient (Wildman–Crippen LogP) is 4.10. The Balaban J connectivity index is 1.84. The van der Waals surface area contributed by atoms with E-state index in [2.05, 4.69) is 37.0 Å². The minimum absolute atomic E-state index is 0.124. The summed E-state index contributed by atoms with van der Waals surface area (Å²) in [6.07, 6.45) is 1.81. The van der Waals surface area contributed by atoms with Crippen molar-refractivity contribution in [3.05, 3.63) is 65.4 Å². The largest absolute Gasteiger partial charge is 0.367 e. The SMILES string of the molecule is Cc1cc(C)cc(N(C)CC(=O)c2c[nH]c3ccccc23)c1. The molecule has 0 fully saturated rings. The Hall–Kier alpha value is -2.55. The summed E-state index contributed by atoms with van der Waals surface area (Å²) in [6, 6.07) is 14.2. The highest BCUT2D eigenvalue weighted by molar-refractivity contribution is 6.09. The van der Waals surface area contributed by atoms with Crippen LogP contribution in [0.1, 0.15) is 21.5 Å². The zero-order valence-corrected chi connectivity index (χ0v) is 13.2. The summed E-state index contributed by atoms with van der Waals surface area (Å²) >= 11 is 0. The second-order valence-electron chi connectivity index (χ2n) is 5.87. The number of anilines is 1. The lowest BCUT2D eigenvalue weighted by Crippen LogP contribution is -2.25. The number of benzene rings is 2. The van der Waals surface area contributed by atoms with E-state index in [-0.39, 0.29) is 5.78 Å². The molecule has 3 aromatic rings. The van der Waals surface area contributed by atoms with E-state index in [0.717, 1.165) is 22.2 Å². The number of hydrogen-bond donors (Lipinski definition) is 1. The van der Waals surface area contributed by atoms with Crippen molar-refractivity contribution in [2.75, 3.05) is 18.5 Å². The zero-order chi connectivity index (χ0) is 15.7. The summed E-state index contributed by atoms with van der Waals surface area (Å²) < 4.78 is 0. The molecule has 0 unspecified atom stereocenters. The van der Waals surface area contributed by atoms with Gasteiger partial charge in [0.15, 0.2) is 5.78 Å². The molecule has 0 radical (unpaired) electrons. The van der Waals surface area contributed by atoms with Crippen molar-refractivity contribution in [2.24, 2.45) is 0 Å². The fraction of sp³-hybridized carbons (Fsp3) is 0.211. The molecule has 0 aliphatic carbocycles. The third-order valence-electron chi connectivity index (χ3n) is 3.92. The standard InChI is InChI=1S/C19H20N2O/c1-13-8-14(2)10-15(9-13)21(3)12-19(22)17-11-20-18-7-5-4-6-16(17)18/h4-11,20H,12H2,1-3H3. The monoisotopic (exact) mass is 292 g/mol. The third kappa shape index (κ3) is 2.75. The molecule has 3 heteroatoms. The molecule has 1 N–H and O–H groups in total. The van der Waals surface area contributed by atoms with Crippen LogP contribution in [-0.2, 0) is 0 Å². The quantitative estimate of drug-likeness (QED) is 0.735. The van der Waals surface area contributed by atoms with Crippen molar-refractivity contribution < 1.29 is 4.79 Å². The molecule has 0 bridgehead atoms. The maximum absolute atomic E-state index is 12.6. The zero-order valence-electron chi connectivity index (χ0n) is 13.2. The number of rotatable bonds is 4. The van der Waals surface area contributed by atoms with Gasteiger partial charge in [-0.3, -0.25) is 4.79 Å². The lowest BCUT2D eigenvalue weighted by atomic mass is 10.1.